The molecular formula is C17H29N3O5. The van der Waals surface area contributed by atoms with Crippen LogP contribution in [-0.4, -0.2) is 61.4 Å². The zero-order valence-electron chi connectivity index (χ0n) is 15.5. The summed E-state index contributed by atoms with van der Waals surface area (Å²) in [5, 5.41) is 5.70. The quantitative estimate of drug-likeness (QED) is 0.730. The van der Waals surface area contributed by atoms with Crippen LogP contribution in [0, 0.1) is 5.41 Å². The number of hydrogen-bond donors (Lipinski definition) is 2. The van der Waals surface area contributed by atoms with Crippen LogP contribution >= 0.6 is 0 Å². The maximum absolute atomic E-state index is 13.0. The highest BCUT2D eigenvalue weighted by molar-refractivity contribution is 5.90. The van der Waals surface area contributed by atoms with Crippen LogP contribution in [0.25, 0.3) is 0 Å². The number of carbonyl (C=O) groups excluding carboxylic acids is 3. The van der Waals surface area contributed by atoms with E-state index in [9.17, 15) is 14.4 Å². The lowest BCUT2D eigenvalue weighted by Gasteiger charge is -2.34. The molecule has 0 aromatic heterocycles. The molecule has 1 saturated carbocycles. The molecule has 142 valence electrons. The first kappa shape index (κ1) is 19.5. The summed E-state index contributed by atoms with van der Waals surface area (Å²) in [5.41, 5.74) is -0.533. The Morgan fingerprint density at radius 1 is 1.20 bits per heavy atom. The summed E-state index contributed by atoms with van der Waals surface area (Å²) >= 11 is 0. The topological polar surface area (TPSA) is 97.0 Å². The number of ether oxygens (including phenoxy) is 2. The molecule has 0 bridgehead atoms. The molecule has 0 radical (unpaired) electrons. The van der Waals surface area contributed by atoms with E-state index in [2.05, 4.69) is 10.6 Å². The van der Waals surface area contributed by atoms with Crippen molar-refractivity contribution in [1.29, 1.82) is 0 Å². The number of rotatable bonds is 4. The Kier molecular flexibility index (Phi) is 6.26. The first-order valence-corrected chi connectivity index (χ1v) is 8.80. The summed E-state index contributed by atoms with van der Waals surface area (Å²) < 4.78 is 10.2. The van der Waals surface area contributed by atoms with Crippen LogP contribution < -0.4 is 10.6 Å². The molecule has 0 aromatic carbocycles. The van der Waals surface area contributed by atoms with E-state index in [4.69, 9.17) is 9.47 Å². The van der Waals surface area contributed by atoms with Gasteiger partial charge < -0.3 is 19.7 Å². The van der Waals surface area contributed by atoms with Crippen molar-refractivity contribution >= 4 is 18.0 Å². The minimum absolute atomic E-state index is 0.0769. The third kappa shape index (κ3) is 4.84. The number of nitrogens with one attached hydrogen (secondary N) is 2. The van der Waals surface area contributed by atoms with E-state index in [1.165, 1.54) is 12.0 Å². The average molecular weight is 355 g/mol. The number of alkyl carbamates (subject to hydrolysis) is 1. The van der Waals surface area contributed by atoms with Gasteiger partial charge in [0, 0.05) is 6.54 Å². The highest BCUT2D eigenvalue weighted by Gasteiger charge is 2.42. The fourth-order valence-corrected chi connectivity index (χ4v) is 3.24. The molecule has 1 aliphatic carbocycles. The molecule has 2 atom stereocenters. The van der Waals surface area contributed by atoms with Gasteiger partial charge in [-0.3, -0.25) is 10.1 Å². The van der Waals surface area contributed by atoms with E-state index in [0.29, 0.717) is 6.54 Å². The van der Waals surface area contributed by atoms with Crippen molar-refractivity contribution in [2.45, 2.75) is 64.6 Å². The smallest absolute Gasteiger partial charge is 0.408 e. The lowest BCUT2D eigenvalue weighted by atomic mass is 9.85. The molecule has 0 spiro atoms. The minimum atomic E-state index is -0.798. The van der Waals surface area contributed by atoms with Gasteiger partial charge in [-0.05, 0) is 31.1 Å². The van der Waals surface area contributed by atoms with Crippen molar-refractivity contribution < 1.29 is 23.9 Å². The van der Waals surface area contributed by atoms with Gasteiger partial charge in [0.1, 0.15) is 18.2 Å². The van der Waals surface area contributed by atoms with Crippen LogP contribution in [0.3, 0.4) is 0 Å². The molecule has 2 aliphatic rings. The van der Waals surface area contributed by atoms with Gasteiger partial charge in [-0.1, -0.05) is 20.8 Å². The lowest BCUT2D eigenvalue weighted by Crippen LogP contribution is -2.57. The predicted molar refractivity (Wildman–Crippen MR) is 90.6 cm³/mol. The molecule has 25 heavy (non-hydrogen) atoms. The molecule has 1 heterocycles. The second-order valence-electron chi connectivity index (χ2n) is 7.71. The minimum Gasteiger partial charge on any atom is -0.467 e. The van der Waals surface area contributed by atoms with Crippen LogP contribution in [-0.2, 0) is 19.1 Å². The largest absolute Gasteiger partial charge is 0.467 e. The van der Waals surface area contributed by atoms with Crippen molar-refractivity contribution in [1.82, 2.24) is 15.5 Å². The van der Waals surface area contributed by atoms with E-state index in [0.717, 1.165) is 25.7 Å². The van der Waals surface area contributed by atoms with E-state index in [-0.39, 0.29) is 18.7 Å². The first-order valence-electron chi connectivity index (χ1n) is 8.80. The van der Waals surface area contributed by atoms with E-state index < -0.39 is 29.6 Å². The summed E-state index contributed by atoms with van der Waals surface area (Å²) in [4.78, 5) is 38.5. The van der Waals surface area contributed by atoms with Gasteiger partial charge >= 0.3 is 12.1 Å². The van der Waals surface area contributed by atoms with Crippen molar-refractivity contribution in [3.8, 4) is 0 Å². The Labute approximate surface area is 148 Å². The van der Waals surface area contributed by atoms with Crippen LogP contribution in [0.1, 0.15) is 46.5 Å². The molecule has 1 unspecified atom stereocenters. The standard InChI is InChI=1S/C17H29N3O5/c1-17(2,3)13(19-16(23)25-11-7-5-6-8-11)14(21)20-10-18-9-12(20)15(22)24-4/h11-13,18H,5-10H2,1-4H3,(H,19,23)/t12-,13?/m0/s1. The molecule has 8 heteroatoms. The predicted octanol–water partition coefficient (Wildman–Crippen LogP) is 1.00. The van der Waals surface area contributed by atoms with Crippen molar-refractivity contribution in [2.24, 2.45) is 5.41 Å². The Morgan fingerprint density at radius 2 is 1.84 bits per heavy atom. The third-order valence-corrected chi connectivity index (χ3v) is 4.70. The van der Waals surface area contributed by atoms with Gasteiger partial charge in [0.2, 0.25) is 5.91 Å². The van der Waals surface area contributed by atoms with Crippen molar-refractivity contribution in [3.63, 3.8) is 0 Å². The third-order valence-electron chi connectivity index (χ3n) is 4.70. The molecule has 2 N–H and O–H groups in total. The second-order valence-corrected chi connectivity index (χ2v) is 7.71. The maximum atomic E-state index is 13.0. The number of methoxy groups -OCH3 is 1. The number of nitrogens with zero attached hydrogens (tertiary/aromatic N) is 1. The highest BCUT2D eigenvalue weighted by atomic mass is 16.6. The fraction of sp³-hybridized carbons (Fsp3) is 0.824. The SMILES string of the molecule is COC(=O)[C@@H]1CNCN1C(=O)C(NC(=O)OC1CCCC1)C(C)(C)C. The molecular weight excluding hydrogens is 326 g/mol. The van der Waals surface area contributed by atoms with Crippen LogP contribution in [0.5, 0.6) is 0 Å². The highest BCUT2D eigenvalue weighted by Crippen LogP contribution is 2.24. The van der Waals surface area contributed by atoms with Crippen LogP contribution in [0.4, 0.5) is 4.79 Å². The van der Waals surface area contributed by atoms with Gasteiger partial charge in [-0.15, -0.1) is 0 Å². The number of carbonyl (C=O) groups is 3. The average Bonchev–Trinajstić information content (AvgIpc) is 3.21. The Morgan fingerprint density at radius 3 is 2.40 bits per heavy atom. The molecule has 8 nitrogen and oxygen atoms in total. The van der Waals surface area contributed by atoms with Gasteiger partial charge in [-0.2, -0.15) is 0 Å². The Bertz CT molecular complexity index is 511. The lowest BCUT2D eigenvalue weighted by molar-refractivity contribution is -0.152. The molecule has 1 saturated heterocycles. The van der Waals surface area contributed by atoms with Crippen molar-refractivity contribution in [2.75, 3.05) is 20.3 Å². The molecule has 2 rings (SSSR count). The molecule has 2 fully saturated rings. The van der Waals surface area contributed by atoms with Gasteiger partial charge in [0.05, 0.1) is 13.8 Å². The van der Waals surface area contributed by atoms with E-state index in [1.54, 1.807) is 0 Å². The van der Waals surface area contributed by atoms with Gasteiger partial charge in [-0.25, -0.2) is 9.59 Å². The Balaban J connectivity index is 2.06. The van der Waals surface area contributed by atoms with E-state index in [1.807, 2.05) is 20.8 Å². The fourth-order valence-electron chi connectivity index (χ4n) is 3.24. The summed E-state index contributed by atoms with van der Waals surface area (Å²) in [5.74, 6) is -0.796. The summed E-state index contributed by atoms with van der Waals surface area (Å²) in [7, 11) is 1.29. The number of esters is 1. The zero-order chi connectivity index (χ0) is 18.6. The van der Waals surface area contributed by atoms with E-state index >= 15 is 0 Å². The summed E-state index contributed by atoms with van der Waals surface area (Å²) in [6.07, 6.45) is 3.18. The number of amides is 2. The summed E-state index contributed by atoms with van der Waals surface area (Å²) in [6, 6.07) is -1.48. The zero-order valence-corrected chi connectivity index (χ0v) is 15.5. The Hall–Kier alpha value is -1.83. The maximum Gasteiger partial charge on any atom is 0.408 e. The molecule has 1 aliphatic heterocycles. The van der Waals surface area contributed by atoms with Crippen LogP contribution in [0.2, 0.25) is 0 Å². The van der Waals surface area contributed by atoms with Gasteiger partial charge in [0.25, 0.3) is 0 Å². The monoisotopic (exact) mass is 355 g/mol. The summed E-state index contributed by atoms with van der Waals surface area (Å²) in [6.45, 7) is 6.17. The molecule has 0 aromatic rings. The molecule has 2 amide bonds. The van der Waals surface area contributed by atoms with Gasteiger partial charge in [0.15, 0.2) is 0 Å². The van der Waals surface area contributed by atoms with Crippen LogP contribution in [0.15, 0.2) is 0 Å². The number of hydrogen-bond acceptors (Lipinski definition) is 6. The second kappa shape index (κ2) is 8.03. The van der Waals surface area contributed by atoms with Crippen molar-refractivity contribution in [3.05, 3.63) is 0 Å². The normalized spacial score (nSPS) is 22.6. The first-order chi connectivity index (χ1) is 11.7.